The first kappa shape index (κ1) is 15.1. The average Bonchev–Trinajstić information content (AvgIpc) is 2.55. The van der Waals surface area contributed by atoms with Gasteiger partial charge in [-0.2, -0.15) is 10.5 Å². The second kappa shape index (κ2) is 7.47. The summed E-state index contributed by atoms with van der Waals surface area (Å²) in [5.74, 6) is 0.280. The molecule has 0 unspecified atom stereocenters. The van der Waals surface area contributed by atoms with Crippen LogP contribution in [0.4, 0.5) is 5.69 Å². The second-order valence-corrected chi connectivity index (χ2v) is 4.50. The van der Waals surface area contributed by atoms with Crippen LogP contribution in [0, 0.1) is 22.7 Å². The molecule has 0 heterocycles. The molecule has 2 rings (SSSR count). The van der Waals surface area contributed by atoms with Crippen LogP contribution in [0.3, 0.4) is 0 Å². The summed E-state index contributed by atoms with van der Waals surface area (Å²) in [6.45, 7) is -0.113. The summed E-state index contributed by atoms with van der Waals surface area (Å²) in [6, 6.07) is 17.7. The maximum absolute atomic E-state index is 11.8. The van der Waals surface area contributed by atoms with Crippen molar-refractivity contribution in [1.82, 2.24) is 0 Å². The first-order valence-electron chi connectivity index (χ1n) is 6.60. The van der Waals surface area contributed by atoms with Crippen LogP contribution >= 0.6 is 0 Å². The van der Waals surface area contributed by atoms with E-state index in [4.69, 9.17) is 15.3 Å². The molecule has 5 nitrogen and oxygen atoms in total. The summed E-state index contributed by atoms with van der Waals surface area (Å²) in [5.41, 5.74) is 2.04. The zero-order valence-corrected chi connectivity index (χ0v) is 11.7. The highest BCUT2D eigenvalue weighted by Crippen LogP contribution is 2.13. The van der Waals surface area contributed by atoms with Crippen LogP contribution in [0.15, 0.2) is 48.5 Å². The van der Waals surface area contributed by atoms with Gasteiger partial charge in [0.2, 0.25) is 0 Å². The fourth-order valence-electron chi connectivity index (χ4n) is 1.77. The number of nitrogens with zero attached hydrogens (tertiary/aromatic N) is 2. The van der Waals surface area contributed by atoms with Gasteiger partial charge in [0.05, 0.1) is 24.1 Å². The molecule has 2 aromatic rings. The molecule has 0 bridgehead atoms. The number of benzene rings is 2. The molecule has 0 aromatic heterocycles. The molecular weight excluding hydrogens is 278 g/mol. The molecule has 0 fully saturated rings. The zero-order chi connectivity index (χ0) is 15.8. The fourth-order valence-corrected chi connectivity index (χ4v) is 1.77. The van der Waals surface area contributed by atoms with Crippen molar-refractivity contribution in [2.45, 2.75) is 6.42 Å². The van der Waals surface area contributed by atoms with E-state index in [1.54, 1.807) is 48.5 Å². The number of hydrogen-bond donors (Lipinski definition) is 1. The number of hydrogen-bond acceptors (Lipinski definition) is 4. The average molecular weight is 291 g/mol. The van der Waals surface area contributed by atoms with Crippen molar-refractivity contribution in [2.75, 3.05) is 11.9 Å². The molecule has 5 heteroatoms. The normalized spacial score (nSPS) is 9.36. The fraction of sp³-hybridized carbons (Fsp3) is 0.118. The summed E-state index contributed by atoms with van der Waals surface area (Å²) in [6.07, 6.45) is 0.347. The lowest BCUT2D eigenvalue weighted by Gasteiger charge is -2.08. The Morgan fingerprint density at radius 1 is 1.05 bits per heavy atom. The Morgan fingerprint density at radius 2 is 1.73 bits per heavy atom. The predicted molar refractivity (Wildman–Crippen MR) is 81.0 cm³/mol. The van der Waals surface area contributed by atoms with Gasteiger partial charge in [0.25, 0.3) is 5.91 Å². The van der Waals surface area contributed by atoms with Crippen molar-refractivity contribution in [3.8, 4) is 17.9 Å². The smallest absolute Gasteiger partial charge is 0.262 e. The lowest BCUT2D eigenvalue weighted by atomic mass is 10.2. The maximum atomic E-state index is 11.8. The zero-order valence-electron chi connectivity index (χ0n) is 11.7. The first-order chi connectivity index (χ1) is 10.7. The number of amides is 1. The standard InChI is InChI=1S/C17H13N3O2/c18-10-9-13-3-7-16(8-4-13)22-12-17(21)20-15-5-1-14(11-19)2-6-15/h1-8H,9,12H2,(H,20,21). The minimum absolute atomic E-state index is 0.113. The van der Waals surface area contributed by atoms with E-state index in [1.807, 2.05) is 6.07 Å². The molecule has 0 aliphatic heterocycles. The van der Waals surface area contributed by atoms with Crippen LogP contribution in [0.25, 0.3) is 0 Å². The number of carbonyl (C=O) groups is 1. The SMILES string of the molecule is N#CCc1ccc(OCC(=O)Nc2ccc(C#N)cc2)cc1. The molecule has 108 valence electrons. The van der Waals surface area contributed by atoms with Crippen LogP contribution in [-0.2, 0) is 11.2 Å². The van der Waals surface area contributed by atoms with Gasteiger partial charge >= 0.3 is 0 Å². The highest BCUT2D eigenvalue weighted by Gasteiger charge is 2.04. The predicted octanol–water partition coefficient (Wildman–Crippen LogP) is 2.64. The Labute approximate surface area is 128 Å². The Kier molecular flexibility index (Phi) is 5.12. The summed E-state index contributed by atoms with van der Waals surface area (Å²) >= 11 is 0. The molecule has 0 saturated heterocycles. The van der Waals surface area contributed by atoms with E-state index < -0.39 is 0 Å². The lowest BCUT2D eigenvalue weighted by Crippen LogP contribution is -2.20. The molecule has 22 heavy (non-hydrogen) atoms. The Balaban J connectivity index is 1.84. The van der Waals surface area contributed by atoms with Crippen LogP contribution in [0.5, 0.6) is 5.75 Å². The Hall–Kier alpha value is -3.31. The van der Waals surface area contributed by atoms with Gasteiger partial charge < -0.3 is 10.1 Å². The molecule has 2 aromatic carbocycles. The first-order valence-corrected chi connectivity index (χ1v) is 6.60. The van der Waals surface area contributed by atoms with Gasteiger partial charge in [0, 0.05) is 5.69 Å². The number of anilines is 1. The molecule has 0 radical (unpaired) electrons. The van der Waals surface area contributed by atoms with Crippen molar-refractivity contribution in [1.29, 1.82) is 10.5 Å². The van der Waals surface area contributed by atoms with Gasteiger partial charge in [-0.15, -0.1) is 0 Å². The summed E-state index contributed by atoms with van der Waals surface area (Å²) < 4.78 is 5.37. The number of carbonyl (C=O) groups excluding carboxylic acids is 1. The Bertz CT molecular complexity index is 722. The lowest BCUT2D eigenvalue weighted by molar-refractivity contribution is -0.118. The summed E-state index contributed by atoms with van der Waals surface area (Å²) in [4.78, 5) is 11.8. The van der Waals surface area contributed by atoms with E-state index in [2.05, 4.69) is 11.4 Å². The number of nitrogens with one attached hydrogen (secondary N) is 1. The molecular formula is C17H13N3O2. The van der Waals surface area contributed by atoms with E-state index >= 15 is 0 Å². The molecule has 0 aliphatic rings. The van der Waals surface area contributed by atoms with Gasteiger partial charge in [-0.05, 0) is 42.0 Å². The second-order valence-electron chi connectivity index (χ2n) is 4.50. The molecule has 0 aliphatic carbocycles. The molecule has 1 amide bonds. The third-order valence-electron chi connectivity index (χ3n) is 2.87. The molecule has 0 spiro atoms. The minimum atomic E-state index is -0.286. The number of ether oxygens (including phenoxy) is 1. The van der Waals surface area contributed by atoms with Crippen LogP contribution in [-0.4, -0.2) is 12.5 Å². The van der Waals surface area contributed by atoms with Gasteiger partial charge in [-0.1, -0.05) is 12.1 Å². The number of rotatable bonds is 5. The monoisotopic (exact) mass is 291 g/mol. The van der Waals surface area contributed by atoms with Gasteiger partial charge in [-0.3, -0.25) is 4.79 Å². The molecule has 0 saturated carbocycles. The number of nitriles is 2. The summed E-state index contributed by atoms with van der Waals surface area (Å²) in [7, 11) is 0. The van der Waals surface area contributed by atoms with Crippen molar-refractivity contribution in [3.63, 3.8) is 0 Å². The quantitative estimate of drug-likeness (QED) is 0.917. The van der Waals surface area contributed by atoms with Crippen molar-refractivity contribution < 1.29 is 9.53 Å². The van der Waals surface area contributed by atoms with E-state index in [0.717, 1.165) is 5.56 Å². The van der Waals surface area contributed by atoms with Crippen LogP contribution < -0.4 is 10.1 Å². The van der Waals surface area contributed by atoms with Crippen molar-refractivity contribution >= 4 is 11.6 Å². The van der Waals surface area contributed by atoms with Crippen molar-refractivity contribution in [3.05, 3.63) is 59.7 Å². The van der Waals surface area contributed by atoms with E-state index in [0.29, 0.717) is 23.4 Å². The minimum Gasteiger partial charge on any atom is -0.484 e. The summed E-state index contributed by atoms with van der Waals surface area (Å²) in [5, 5.41) is 20.0. The van der Waals surface area contributed by atoms with Crippen molar-refractivity contribution in [2.24, 2.45) is 0 Å². The van der Waals surface area contributed by atoms with Crippen LogP contribution in [0.2, 0.25) is 0 Å². The van der Waals surface area contributed by atoms with Gasteiger partial charge in [0.1, 0.15) is 5.75 Å². The third kappa shape index (κ3) is 4.36. The highest BCUT2D eigenvalue weighted by molar-refractivity contribution is 5.91. The Morgan fingerprint density at radius 3 is 2.32 bits per heavy atom. The van der Waals surface area contributed by atoms with Crippen LogP contribution in [0.1, 0.15) is 11.1 Å². The van der Waals surface area contributed by atoms with E-state index in [-0.39, 0.29) is 12.5 Å². The largest absolute Gasteiger partial charge is 0.484 e. The molecule has 1 N–H and O–H groups in total. The van der Waals surface area contributed by atoms with E-state index in [9.17, 15) is 4.79 Å². The van der Waals surface area contributed by atoms with Gasteiger partial charge in [0.15, 0.2) is 6.61 Å². The van der Waals surface area contributed by atoms with Gasteiger partial charge in [-0.25, -0.2) is 0 Å². The topological polar surface area (TPSA) is 85.9 Å². The maximum Gasteiger partial charge on any atom is 0.262 e. The highest BCUT2D eigenvalue weighted by atomic mass is 16.5. The third-order valence-corrected chi connectivity index (χ3v) is 2.87. The molecule has 0 atom stereocenters. The van der Waals surface area contributed by atoms with E-state index in [1.165, 1.54) is 0 Å².